The van der Waals surface area contributed by atoms with Gasteiger partial charge in [0.05, 0.1) is 6.04 Å². The molecule has 2 unspecified atom stereocenters. The third kappa shape index (κ3) is 2.39. The Morgan fingerprint density at radius 3 is 2.38 bits per heavy atom. The lowest BCUT2D eigenvalue weighted by molar-refractivity contribution is -0.126. The van der Waals surface area contributed by atoms with E-state index in [1.165, 1.54) is 29.2 Å². The van der Waals surface area contributed by atoms with Crippen molar-refractivity contribution in [1.29, 1.82) is 0 Å². The number of carbonyl (C=O) groups is 1. The fourth-order valence-electron chi connectivity index (χ4n) is 2.47. The molecule has 1 saturated heterocycles. The molecule has 21 heavy (non-hydrogen) atoms. The van der Waals surface area contributed by atoms with Gasteiger partial charge in [-0.15, -0.1) is 0 Å². The Bertz CT molecular complexity index is 705. The highest BCUT2D eigenvalue weighted by atomic mass is 35.5. The second-order valence-corrected chi connectivity index (χ2v) is 5.66. The van der Waals surface area contributed by atoms with Crippen molar-refractivity contribution >= 4 is 34.8 Å². The van der Waals surface area contributed by atoms with Crippen molar-refractivity contribution in [1.82, 2.24) is 0 Å². The van der Waals surface area contributed by atoms with Crippen LogP contribution in [0.4, 0.5) is 10.1 Å². The highest BCUT2D eigenvalue weighted by molar-refractivity contribution is 6.35. The number of nitrogens with zero attached hydrogens (tertiary/aromatic N) is 1. The molecule has 3 nitrogen and oxygen atoms in total. The summed E-state index contributed by atoms with van der Waals surface area (Å²) < 4.78 is 13.0. The fraction of sp³-hybridized carbons (Fsp3) is 0.133. The lowest BCUT2D eigenvalue weighted by atomic mass is 9.88. The summed E-state index contributed by atoms with van der Waals surface area (Å²) in [7, 11) is 0. The van der Waals surface area contributed by atoms with Crippen molar-refractivity contribution in [2.45, 2.75) is 12.1 Å². The van der Waals surface area contributed by atoms with Crippen LogP contribution in [-0.4, -0.2) is 11.9 Å². The van der Waals surface area contributed by atoms with Crippen LogP contribution in [0.3, 0.4) is 0 Å². The molecule has 1 fully saturated rings. The number of amides is 1. The number of rotatable bonds is 2. The van der Waals surface area contributed by atoms with Crippen LogP contribution in [0, 0.1) is 5.82 Å². The van der Waals surface area contributed by atoms with Gasteiger partial charge in [0, 0.05) is 15.7 Å². The predicted molar refractivity (Wildman–Crippen MR) is 81.1 cm³/mol. The monoisotopic (exact) mass is 324 g/mol. The van der Waals surface area contributed by atoms with Gasteiger partial charge >= 0.3 is 0 Å². The molecule has 0 bridgehead atoms. The van der Waals surface area contributed by atoms with Crippen molar-refractivity contribution in [3.8, 4) is 0 Å². The van der Waals surface area contributed by atoms with Crippen LogP contribution in [0.25, 0.3) is 0 Å². The first-order valence-electron chi connectivity index (χ1n) is 6.28. The summed E-state index contributed by atoms with van der Waals surface area (Å²) in [6, 6.07) is 9.67. The third-order valence-corrected chi connectivity index (χ3v) is 4.09. The molecule has 1 aliphatic heterocycles. The molecule has 0 radical (unpaired) electrons. The predicted octanol–water partition coefficient (Wildman–Crippen LogP) is 3.55. The molecule has 0 aliphatic carbocycles. The number of halogens is 3. The standard InChI is InChI=1S/C15H11Cl2FN2O/c16-8-1-6-11(12(17)7-8)14-13(19)15(21)20(14)10-4-2-9(18)3-5-10/h1-7,13-14H,19H2. The topological polar surface area (TPSA) is 46.3 Å². The zero-order valence-electron chi connectivity index (χ0n) is 10.8. The molecule has 0 saturated carbocycles. The molecule has 0 aromatic heterocycles. The van der Waals surface area contributed by atoms with Gasteiger partial charge in [0.25, 0.3) is 0 Å². The van der Waals surface area contributed by atoms with Crippen LogP contribution in [0.15, 0.2) is 42.5 Å². The molecular formula is C15H11Cl2FN2O. The van der Waals surface area contributed by atoms with Gasteiger partial charge < -0.3 is 10.6 Å². The van der Waals surface area contributed by atoms with E-state index < -0.39 is 6.04 Å². The largest absolute Gasteiger partial charge is 0.318 e. The number of benzene rings is 2. The Morgan fingerprint density at radius 1 is 1.10 bits per heavy atom. The van der Waals surface area contributed by atoms with Crippen molar-refractivity contribution in [3.05, 3.63) is 63.9 Å². The van der Waals surface area contributed by atoms with Crippen molar-refractivity contribution in [2.75, 3.05) is 4.90 Å². The highest BCUT2D eigenvalue weighted by Gasteiger charge is 2.47. The molecule has 2 aromatic carbocycles. The Morgan fingerprint density at radius 2 is 1.76 bits per heavy atom. The Balaban J connectivity index is 2.00. The summed E-state index contributed by atoms with van der Waals surface area (Å²) >= 11 is 12.1. The minimum absolute atomic E-state index is 0.224. The average Bonchev–Trinajstić information content (AvgIpc) is 2.46. The van der Waals surface area contributed by atoms with Gasteiger partial charge in [-0.05, 0) is 42.0 Å². The Kier molecular flexibility index (Phi) is 3.61. The SMILES string of the molecule is NC1C(=O)N(c2ccc(F)cc2)C1c1ccc(Cl)cc1Cl. The smallest absolute Gasteiger partial charge is 0.247 e. The molecular weight excluding hydrogens is 314 g/mol. The van der Waals surface area contributed by atoms with Gasteiger partial charge in [-0.3, -0.25) is 4.79 Å². The van der Waals surface area contributed by atoms with E-state index in [9.17, 15) is 9.18 Å². The second-order valence-electron chi connectivity index (χ2n) is 4.82. The highest BCUT2D eigenvalue weighted by Crippen LogP contribution is 2.41. The summed E-state index contributed by atoms with van der Waals surface area (Å²) in [5.41, 5.74) is 7.21. The number of β-lactam (4-membered cyclic amide) rings is 1. The zero-order chi connectivity index (χ0) is 15.1. The van der Waals surface area contributed by atoms with Gasteiger partial charge in [0.2, 0.25) is 5.91 Å². The molecule has 1 heterocycles. The van der Waals surface area contributed by atoms with Crippen LogP contribution in [-0.2, 0) is 4.79 Å². The summed E-state index contributed by atoms with van der Waals surface area (Å²) in [6.45, 7) is 0. The van der Waals surface area contributed by atoms with Gasteiger partial charge in [0.1, 0.15) is 11.9 Å². The lowest BCUT2D eigenvalue weighted by Crippen LogP contribution is -2.63. The molecule has 3 rings (SSSR count). The number of nitrogens with two attached hydrogens (primary N) is 1. The molecule has 1 amide bonds. The van der Waals surface area contributed by atoms with E-state index in [2.05, 4.69) is 0 Å². The van der Waals surface area contributed by atoms with Gasteiger partial charge in [-0.1, -0.05) is 29.3 Å². The second kappa shape index (κ2) is 5.30. The maximum Gasteiger partial charge on any atom is 0.247 e. The fourth-order valence-corrected chi connectivity index (χ4v) is 2.99. The number of hydrogen-bond donors (Lipinski definition) is 1. The maximum absolute atomic E-state index is 13.0. The molecule has 2 N–H and O–H groups in total. The first kappa shape index (κ1) is 14.3. The minimum atomic E-state index is -0.672. The van der Waals surface area contributed by atoms with Crippen molar-refractivity contribution in [2.24, 2.45) is 5.73 Å². The molecule has 6 heteroatoms. The van der Waals surface area contributed by atoms with E-state index in [1.807, 2.05) is 0 Å². The van der Waals surface area contributed by atoms with Crippen LogP contribution in [0.5, 0.6) is 0 Å². The van der Waals surface area contributed by atoms with Crippen LogP contribution < -0.4 is 10.6 Å². The number of anilines is 1. The quantitative estimate of drug-likeness (QED) is 0.859. The molecule has 0 spiro atoms. The van der Waals surface area contributed by atoms with E-state index in [4.69, 9.17) is 28.9 Å². The Labute approximate surface area is 131 Å². The normalized spacial score (nSPS) is 21.3. The summed E-state index contributed by atoms with van der Waals surface area (Å²) in [6.07, 6.45) is 0. The lowest BCUT2D eigenvalue weighted by Gasteiger charge is -2.45. The van der Waals surface area contributed by atoms with Crippen LogP contribution >= 0.6 is 23.2 Å². The van der Waals surface area contributed by atoms with Crippen molar-refractivity contribution in [3.63, 3.8) is 0 Å². The van der Waals surface area contributed by atoms with E-state index in [1.54, 1.807) is 18.2 Å². The number of hydrogen-bond acceptors (Lipinski definition) is 2. The molecule has 108 valence electrons. The maximum atomic E-state index is 13.0. The summed E-state index contributed by atoms with van der Waals surface area (Å²) in [5, 5.41) is 0.957. The third-order valence-electron chi connectivity index (χ3n) is 3.53. The first-order chi connectivity index (χ1) is 9.99. The first-order valence-corrected chi connectivity index (χ1v) is 7.04. The van der Waals surface area contributed by atoms with E-state index in [0.29, 0.717) is 15.7 Å². The van der Waals surface area contributed by atoms with Crippen LogP contribution in [0.2, 0.25) is 10.0 Å². The van der Waals surface area contributed by atoms with Crippen LogP contribution in [0.1, 0.15) is 11.6 Å². The summed E-state index contributed by atoms with van der Waals surface area (Å²) in [5.74, 6) is -0.588. The number of carbonyl (C=O) groups excluding carboxylic acids is 1. The average molecular weight is 325 g/mol. The van der Waals surface area contributed by atoms with Crippen molar-refractivity contribution < 1.29 is 9.18 Å². The zero-order valence-corrected chi connectivity index (χ0v) is 12.3. The summed E-state index contributed by atoms with van der Waals surface area (Å²) in [4.78, 5) is 13.6. The molecule has 2 atom stereocenters. The molecule has 1 aliphatic rings. The van der Waals surface area contributed by atoms with E-state index in [-0.39, 0.29) is 17.8 Å². The van der Waals surface area contributed by atoms with E-state index >= 15 is 0 Å². The van der Waals surface area contributed by atoms with Gasteiger partial charge in [-0.2, -0.15) is 0 Å². The minimum Gasteiger partial charge on any atom is -0.318 e. The van der Waals surface area contributed by atoms with E-state index in [0.717, 1.165) is 5.56 Å². The van der Waals surface area contributed by atoms with Gasteiger partial charge in [-0.25, -0.2) is 4.39 Å². The molecule has 2 aromatic rings. The Hall–Kier alpha value is -1.62. The van der Waals surface area contributed by atoms with Gasteiger partial charge in [0.15, 0.2) is 0 Å².